The number of rotatable bonds is 3. The summed E-state index contributed by atoms with van der Waals surface area (Å²) >= 11 is 0. The van der Waals surface area contributed by atoms with Gasteiger partial charge >= 0.3 is 10.3 Å². The van der Waals surface area contributed by atoms with Gasteiger partial charge in [-0.25, -0.2) is 0 Å². The summed E-state index contributed by atoms with van der Waals surface area (Å²) in [6.45, 7) is 1.63. The van der Waals surface area contributed by atoms with E-state index in [1.165, 1.54) is 0 Å². The quantitative estimate of drug-likeness (QED) is 0.444. The summed E-state index contributed by atoms with van der Waals surface area (Å²) in [5, 5.41) is 3.49. The van der Waals surface area contributed by atoms with Gasteiger partial charge in [-0.1, -0.05) is 30.3 Å². The molecule has 0 fully saturated rings. The van der Waals surface area contributed by atoms with E-state index in [4.69, 9.17) is 4.55 Å². The smallest absolute Gasteiger partial charge is 0.268 e. The first-order chi connectivity index (χ1) is 6.49. The molecule has 1 aromatic rings. The molecule has 0 amide bonds. The highest BCUT2D eigenvalue weighted by Crippen LogP contribution is 1.99. The molecule has 2 N–H and O–H groups in total. The normalized spacial score (nSPS) is 12.6. The molecule has 0 aromatic heterocycles. The zero-order chi connectivity index (χ0) is 10.6. The molecule has 0 radical (unpaired) electrons. The van der Waals surface area contributed by atoms with Gasteiger partial charge in [-0.2, -0.15) is 18.4 Å². The van der Waals surface area contributed by atoms with Crippen molar-refractivity contribution in [2.75, 3.05) is 0 Å². The fraction of sp³-hybridized carbons (Fsp3) is 0.125. The first-order valence-electron chi connectivity index (χ1n) is 3.83. The van der Waals surface area contributed by atoms with Crippen LogP contribution >= 0.6 is 0 Å². The molecule has 0 unspecified atom stereocenters. The number of benzene rings is 1. The number of hydrogen-bond donors (Lipinski definition) is 2. The zero-order valence-corrected chi connectivity index (χ0v) is 8.32. The Labute approximate surface area is 82.3 Å². The summed E-state index contributed by atoms with van der Waals surface area (Å²) in [7, 11) is -4.26. The maximum absolute atomic E-state index is 10.3. The Morgan fingerprint density at radius 1 is 1.36 bits per heavy atom. The van der Waals surface area contributed by atoms with Gasteiger partial charge in [0.15, 0.2) is 0 Å². The third kappa shape index (κ3) is 3.55. The van der Waals surface area contributed by atoms with Crippen molar-refractivity contribution < 1.29 is 13.0 Å². The molecular weight excluding hydrogens is 204 g/mol. The molecule has 1 rings (SSSR count). The van der Waals surface area contributed by atoms with Crippen molar-refractivity contribution in [2.24, 2.45) is 5.10 Å². The first kappa shape index (κ1) is 10.7. The summed E-state index contributed by atoms with van der Waals surface area (Å²) in [5.74, 6) is 0. The molecule has 0 spiro atoms. The highest BCUT2D eigenvalue weighted by atomic mass is 32.2. The van der Waals surface area contributed by atoms with E-state index in [9.17, 15) is 8.42 Å². The van der Waals surface area contributed by atoms with Crippen LogP contribution in [0.1, 0.15) is 12.5 Å². The number of hydrazone groups is 1. The van der Waals surface area contributed by atoms with E-state index in [0.717, 1.165) is 5.56 Å². The Morgan fingerprint density at radius 3 is 2.43 bits per heavy atom. The molecule has 1 aromatic carbocycles. The lowest BCUT2D eigenvalue weighted by Crippen LogP contribution is -2.18. The molecule has 0 aliphatic heterocycles. The van der Waals surface area contributed by atoms with Crippen LogP contribution in [0.15, 0.2) is 35.4 Å². The van der Waals surface area contributed by atoms with Crippen LogP contribution in [-0.4, -0.2) is 18.7 Å². The van der Waals surface area contributed by atoms with Crippen molar-refractivity contribution in [3.05, 3.63) is 35.9 Å². The van der Waals surface area contributed by atoms with Crippen LogP contribution in [-0.2, 0) is 10.3 Å². The minimum atomic E-state index is -4.26. The number of hydrogen-bond acceptors (Lipinski definition) is 3. The van der Waals surface area contributed by atoms with Gasteiger partial charge in [0.05, 0.1) is 5.71 Å². The fourth-order valence-electron chi connectivity index (χ4n) is 0.870. The Hall–Kier alpha value is -1.40. The highest BCUT2D eigenvalue weighted by molar-refractivity contribution is 7.83. The molecule has 0 saturated carbocycles. The fourth-order valence-corrected chi connectivity index (χ4v) is 1.12. The second-order valence-electron chi connectivity index (χ2n) is 2.63. The molecular formula is C8H10N2O3S. The summed E-state index contributed by atoms with van der Waals surface area (Å²) in [6.07, 6.45) is 0. The molecule has 0 heterocycles. The Balaban J connectivity index is 2.81. The molecule has 0 bridgehead atoms. The maximum atomic E-state index is 10.3. The number of nitrogens with zero attached hydrogens (tertiary/aromatic N) is 1. The van der Waals surface area contributed by atoms with Gasteiger partial charge < -0.3 is 0 Å². The predicted molar refractivity (Wildman–Crippen MR) is 53.3 cm³/mol. The van der Waals surface area contributed by atoms with Crippen LogP contribution < -0.4 is 4.83 Å². The van der Waals surface area contributed by atoms with Gasteiger partial charge in [0.1, 0.15) is 0 Å². The lowest BCUT2D eigenvalue weighted by molar-refractivity contribution is 0.470. The van der Waals surface area contributed by atoms with Crippen molar-refractivity contribution in [3.63, 3.8) is 0 Å². The molecule has 14 heavy (non-hydrogen) atoms. The lowest BCUT2D eigenvalue weighted by Gasteiger charge is -1.99. The summed E-state index contributed by atoms with van der Waals surface area (Å²) in [4.78, 5) is 1.64. The average Bonchev–Trinajstić information content (AvgIpc) is 2.14. The van der Waals surface area contributed by atoms with Crippen LogP contribution in [0.4, 0.5) is 0 Å². The first-order valence-corrected chi connectivity index (χ1v) is 5.27. The Bertz CT molecular complexity index is 425. The van der Waals surface area contributed by atoms with Gasteiger partial charge in [0.2, 0.25) is 0 Å². The van der Waals surface area contributed by atoms with E-state index in [1.807, 2.05) is 18.2 Å². The standard InChI is InChI=1S/C8H10N2O3S/c1-7(9-10-14(11,12)13)8-5-3-2-4-6-8/h2-6,10H,1H3,(H,11,12,13)/b9-7-. The van der Waals surface area contributed by atoms with E-state index >= 15 is 0 Å². The van der Waals surface area contributed by atoms with Crippen molar-refractivity contribution >= 4 is 16.0 Å². The van der Waals surface area contributed by atoms with Gasteiger partial charge in [0.25, 0.3) is 0 Å². The molecule has 0 aliphatic rings. The van der Waals surface area contributed by atoms with Gasteiger partial charge in [-0.15, -0.1) is 0 Å². The van der Waals surface area contributed by atoms with Crippen molar-refractivity contribution in [2.45, 2.75) is 6.92 Å². The molecule has 0 aliphatic carbocycles. The largest absolute Gasteiger partial charge is 0.372 e. The predicted octanol–water partition coefficient (Wildman–Crippen LogP) is 0.803. The minimum Gasteiger partial charge on any atom is -0.268 e. The second-order valence-corrected chi connectivity index (χ2v) is 3.76. The van der Waals surface area contributed by atoms with Crippen LogP contribution in [0.3, 0.4) is 0 Å². The van der Waals surface area contributed by atoms with Crippen molar-refractivity contribution in [1.82, 2.24) is 4.83 Å². The third-order valence-corrected chi connectivity index (χ3v) is 1.84. The lowest BCUT2D eigenvalue weighted by atomic mass is 10.1. The zero-order valence-electron chi connectivity index (χ0n) is 7.51. The van der Waals surface area contributed by atoms with Crippen LogP contribution in [0.25, 0.3) is 0 Å². The highest BCUT2D eigenvalue weighted by Gasteiger charge is 2.00. The van der Waals surface area contributed by atoms with E-state index in [0.29, 0.717) is 5.71 Å². The topological polar surface area (TPSA) is 78.8 Å². The minimum absolute atomic E-state index is 0.475. The van der Waals surface area contributed by atoms with Crippen LogP contribution in [0.2, 0.25) is 0 Å². The second kappa shape index (κ2) is 4.21. The SMILES string of the molecule is C/C(=N/NS(=O)(=O)O)c1ccccc1. The van der Waals surface area contributed by atoms with E-state index in [1.54, 1.807) is 23.9 Å². The summed E-state index contributed by atoms with van der Waals surface area (Å²) in [6, 6.07) is 9.02. The van der Waals surface area contributed by atoms with Crippen LogP contribution in [0.5, 0.6) is 0 Å². The van der Waals surface area contributed by atoms with E-state index in [2.05, 4.69) is 5.10 Å². The van der Waals surface area contributed by atoms with Crippen molar-refractivity contribution in [1.29, 1.82) is 0 Å². The molecule has 6 heteroatoms. The van der Waals surface area contributed by atoms with E-state index < -0.39 is 10.3 Å². The summed E-state index contributed by atoms with van der Waals surface area (Å²) < 4.78 is 29.0. The molecule has 0 atom stereocenters. The van der Waals surface area contributed by atoms with Crippen molar-refractivity contribution in [3.8, 4) is 0 Å². The Morgan fingerprint density at radius 2 is 1.93 bits per heavy atom. The summed E-state index contributed by atoms with van der Waals surface area (Å²) in [5.41, 5.74) is 1.26. The number of nitrogens with one attached hydrogen (secondary N) is 1. The molecule has 5 nitrogen and oxygen atoms in total. The Kier molecular flexibility index (Phi) is 3.21. The third-order valence-electron chi connectivity index (χ3n) is 1.52. The van der Waals surface area contributed by atoms with Gasteiger partial charge in [-0.05, 0) is 12.5 Å². The average molecular weight is 214 g/mol. The molecule has 0 saturated heterocycles. The molecule has 76 valence electrons. The van der Waals surface area contributed by atoms with Gasteiger partial charge in [-0.3, -0.25) is 4.55 Å². The maximum Gasteiger partial charge on any atom is 0.372 e. The van der Waals surface area contributed by atoms with E-state index in [-0.39, 0.29) is 0 Å². The van der Waals surface area contributed by atoms with Crippen LogP contribution in [0, 0.1) is 0 Å². The van der Waals surface area contributed by atoms with Gasteiger partial charge in [0, 0.05) is 0 Å². The monoisotopic (exact) mass is 214 g/mol.